The Morgan fingerprint density at radius 2 is 1.62 bits per heavy atom. The van der Waals surface area contributed by atoms with Gasteiger partial charge in [0.1, 0.15) is 23.3 Å². The molecule has 2 atom stereocenters. The zero-order valence-electron chi connectivity index (χ0n) is 20.9. The Labute approximate surface area is 217 Å². The molecule has 0 spiro atoms. The van der Waals surface area contributed by atoms with Crippen LogP contribution in [0.25, 0.3) is 17.1 Å². The molecule has 0 amide bonds. The number of methoxy groups -OCH3 is 3. The molecule has 0 radical (unpaired) electrons. The van der Waals surface area contributed by atoms with Gasteiger partial charge < -0.3 is 14.2 Å². The smallest absolute Gasteiger partial charge is 0.239 e. The number of rotatable bonds is 10. The molecule has 9 nitrogen and oxygen atoms in total. The van der Waals surface area contributed by atoms with Crippen LogP contribution in [0.15, 0.2) is 48.8 Å². The fourth-order valence-corrected chi connectivity index (χ4v) is 4.48. The van der Waals surface area contributed by atoms with E-state index in [2.05, 4.69) is 24.9 Å². The van der Waals surface area contributed by atoms with Crippen LogP contribution in [0.1, 0.15) is 24.4 Å². The van der Waals surface area contributed by atoms with Gasteiger partial charge in [0.15, 0.2) is 23.3 Å². The van der Waals surface area contributed by atoms with E-state index in [0.717, 1.165) is 17.7 Å². The summed E-state index contributed by atoms with van der Waals surface area (Å²) in [5.74, 6) is 0.0691. The van der Waals surface area contributed by atoms with Gasteiger partial charge in [-0.3, -0.25) is 9.29 Å². The van der Waals surface area contributed by atoms with Gasteiger partial charge in [0.05, 0.1) is 19.5 Å². The van der Waals surface area contributed by atoms with E-state index in [-0.39, 0.29) is 11.1 Å². The molecule has 0 fully saturated rings. The van der Waals surface area contributed by atoms with Crippen LogP contribution in [-0.4, -0.2) is 51.3 Å². The second-order valence-corrected chi connectivity index (χ2v) is 9.21. The first-order valence-electron chi connectivity index (χ1n) is 11.2. The van der Waals surface area contributed by atoms with E-state index >= 15 is 0 Å². The average molecular weight is 529 g/mol. The second-order valence-electron chi connectivity index (χ2n) is 8.02. The van der Waals surface area contributed by atoms with Crippen molar-refractivity contribution in [3.05, 3.63) is 71.8 Å². The van der Waals surface area contributed by atoms with Crippen LogP contribution >= 0.6 is 11.9 Å². The summed E-state index contributed by atoms with van der Waals surface area (Å²) in [6.45, 7) is 3.87. The van der Waals surface area contributed by atoms with Crippen molar-refractivity contribution in [2.45, 2.75) is 25.2 Å². The van der Waals surface area contributed by atoms with Gasteiger partial charge >= 0.3 is 0 Å². The highest BCUT2D eigenvalue weighted by molar-refractivity contribution is 8.01. The highest BCUT2D eigenvalue weighted by Gasteiger charge is 2.26. The first-order valence-corrected chi connectivity index (χ1v) is 12.1. The summed E-state index contributed by atoms with van der Waals surface area (Å²) in [5.41, 5.74) is 1.74. The lowest BCUT2D eigenvalue weighted by Crippen LogP contribution is -2.19. The molecule has 0 saturated carbocycles. The minimum atomic E-state index is -1.00. The van der Waals surface area contributed by atoms with Crippen LogP contribution in [0, 0.1) is 18.6 Å². The summed E-state index contributed by atoms with van der Waals surface area (Å²) in [6.07, 6.45) is 3.05. The van der Waals surface area contributed by atoms with Crippen molar-refractivity contribution >= 4 is 17.9 Å². The summed E-state index contributed by atoms with van der Waals surface area (Å²) in [4.78, 5) is 8.77. The second kappa shape index (κ2) is 11.5. The number of halogens is 2. The highest BCUT2D eigenvalue weighted by Crippen LogP contribution is 2.39. The van der Waals surface area contributed by atoms with Crippen LogP contribution < -0.4 is 14.2 Å². The largest absolute Gasteiger partial charge is 0.494 e. The normalized spacial score (nSPS) is 12.7. The van der Waals surface area contributed by atoms with Gasteiger partial charge in [-0.2, -0.15) is 0 Å². The zero-order valence-corrected chi connectivity index (χ0v) is 21.7. The zero-order chi connectivity index (χ0) is 26.5. The molecule has 0 saturated heterocycles. The Balaban J connectivity index is 1.75. The van der Waals surface area contributed by atoms with Gasteiger partial charge in [-0.05, 0) is 61.7 Å². The van der Waals surface area contributed by atoms with E-state index in [4.69, 9.17) is 14.2 Å². The lowest BCUT2D eigenvalue weighted by Gasteiger charge is -2.22. The van der Waals surface area contributed by atoms with Crippen LogP contribution in [0.3, 0.4) is 0 Å². The van der Waals surface area contributed by atoms with Crippen molar-refractivity contribution < 1.29 is 23.0 Å². The van der Waals surface area contributed by atoms with E-state index < -0.39 is 17.7 Å². The van der Waals surface area contributed by atoms with Crippen molar-refractivity contribution in [2.75, 3.05) is 26.1 Å². The van der Waals surface area contributed by atoms with Crippen LogP contribution in [0.4, 0.5) is 14.7 Å². The monoisotopic (exact) mass is 528 g/mol. The standard InChI is InChI=1S/C25H26F2N6O3S/c1-14-12-28-23(29-13-14)22(36-5)15(2)37-32-25-31-30-24(16-9-10-17(26)18(27)11-16)33(25)21-19(34-3)7-6-8-20(21)35-4/h6-13,15,22H,1-5H3,(H,31,32). The summed E-state index contributed by atoms with van der Waals surface area (Å²) in [7, 11) is 4.64. The molecular formula is C25H26F2N6O3S. The number of nitrogens with one attached hydrogen (secondary N) is 1. The average Bonchev–Trinajstić information content (AvgIpc) is 3.33. The number of anilines is 1. The molecule has 0 aliphatic rings. The number of ether oxygens (including phenoxy) is 3. The van der Waals surface area contributed by atoms with Crippen LogP contribution in [-0.2, 0) is 4.74 Å². The lowest BCUT2D eigenvalue weighted by molar-refractivity contribution is 0.0972. The molecule has 4 rings (SSSR count). The van der Waals surface area contributed by atoms with E-state index in [1.165, 1.54) is 32.2 Å². The third kappa shape index (κ3) is 5.49. The third-order valence-electron chi connectivity index (χ3n) is 5.54. The predicted molar refractivity (Wildman–Crippen MR) is 137 cm³/mol. The molecule has 4 aromatic rings. The van der Waals surface area contributed by atoms with Gasteiger partial charge in [-0.25, -0.2) is 18.7 Å². The maximum absolute atomic E-state index is 14.1. The molecule has 0 aliphatic heterocycles. The Morgan fingerprint density at radius 1 is 0.946 bits per heavy atom. The first-order chi connectivity index (χ1) is 17.9. The number of aromatic nitrogens is 5. The minimum absolute atomic E-state index is 0.163. The van der Waals surface area contributed by atoms with E-state index in [9.17, 15) is 8.78 Å². The number of nitrogens with zero attached hydrogens (tertiary/aromatic N) is 5. The number of benzene rings is 2. The van der Waals surface area contributed by atoms with Gasteiger partial charge in [0.25, 0.3) is 0 Å². The van der Waals surface area contributed by atoms with Crippen molar-refractivity contribution in [3.63, 3.8) is 0 Å². The van der Waals surface area contributed by atoms with Gasteiger partial charge in [-0.1, -0.05) is 6.07 Å². The van der Waals surface area contributed by atoms with Crippen molar-refractivity contribution in [1.29, 1.82) is 0 Å². The van der Waals surface area contributed by atoms with E-state index in [1.54, 1.807) is 42.3 Å². The summed E-state index contributed by atoms with van der Waals surface area (Å²) in [5, 5.41) is 8.41. The molecule has 2 aromatic heterocycles. The maximum Gasteiger partial charge on any atom is 0.239 e. The van der Waals surface area contributed by atoms with Gasteiger partial charge in [-0.15, -0.1) is 10.2 Å². The molecule has 194 valence electrons. The topological polar surface area (TPSA) is 96.2 Å². The molecule has 12 heteroatoms. The Hall–Kier alpha value is -3.77. The van der Waals surface area contributed by atoms with E-state index in [0.29, 0.717) is 34.5 Å². The Morgan fingerprint density at radius 3 is 2.22 bits per heavy atom. The Bertz CT molecular complexity index is 1350. The number of aryl methyl sites for hydroxylation is 1. The SMILES string of the molecule is COc1cccc(OC)c1-n1c(NSC(C)C(OC)c2ncc(C)cn2)nnc1-c1ccc(F)c(F)c1. The lowest BCUT2D eigenvalue weighted by atomic mass is 10.2. The Kier molecular flexibility index (Phi) is 8.19. The van der Waals surface area contributed by atoms with Gasteiger partial charge in [0.2, 0.25) is 5.95 Å². The number of hydrogen-bond acceptors (Lipinski definition) is 9. The molecule has 2 aromatic carbocycles. The minimum Gasteiger partial charge on any atom is -0.494 e. The molecule has 37 heavy (non-hydrogen) atoms. The molecule has 0 bridgehead atoms. The fraction of sp³-hybridized carbons (Fsp3) is 0.280. The predicted octanol–water partition coefficient (Wildman–Crippen LogP) is 5.16. The number of hydrogen-bond donors (Lipinski definition) is 1. The van der Waals surface area contributed by atoms with Crippen LogP contribution in [0.5, 0.6) is 11.5 Å². The molecular weight excluding hydrogens is 502 g/mol. The fourth-order valence-electron chi connectivity index (χ4n) is 3.70. The molecule has 1 N–H and O–H groups in total. The maximum atomic E-state index is 14.1. The van der Waals surface area contributed by atoms with Crippen molar-refractivity contribution in [1.82, 2.24) is 24.7 Å². The summed E-state index contributed by atoms with van der Waals surface area (Å²) < 4.78 is 49.5. The van der Waals surface area contributed by atoms with Crippen LogP contribution in [0.2, 0.25) is 0 Å². The number of para-hydroxylation sites is 1. The third-order valence-corrected chi connectivity index (χ3v) is 6.46. The quantitative estimate of drug-likeness (QED) is 0.280. The highest BCUT2D eigenvalue weighted by atomic mass is 32.2. The van der Waals surface area contributed by atoms with Crippen molar-refractivity contribution in [3.8, 4) is 28.6 Å². The molecule has 0 aliphatic carbocycles. The van der Waals surface area contributed by atoms with Gasteiger partial charge in [0, 0.05) is 25.1 Å². The molecule has 2 unspecified atom stereocenters. The van der Waals surface area contributed by atoms with E-state index in [1.807, 2.05) is 13.8 Å². The summed E-state index contributed by atoms with van der Waals surface area (Å²) >= 11 is 1.32. The molecule has 2 heterocycles. The summed E-state index contributed by atoms with van der Waals surface area (Å²) in [6, 6.07) is 8.81. The first kappa shape index (κ1) is 26.3. The van der Waals surface area contributed by atoms with Crippen molar-refractivity contribution in [2.24, 2.45) is 0 Å².